The summed E-state index contributed by atoms with van der Waals surface area (Å²) in [7, 11) is 0. The van der Waals surface area contributed by atoms with Crippen LogP contribution in [0.15, 0.2) is 6.07 Å². The Balaban J connectivity index is 2.02. The Hall–Kier alpha value is 0.340. The minimum atomic E-state index is 0.855. The molecule has 3 heterocycles. The summed E-state index contributed by atoms with van der Waals surface area (Å²) < 4.78 is 5.07. The highest BCUT2D eigenvalue weighted by Gasteiger charge is 2.16. The maximum atomic E-state index is 4.42. The van der Waals surface area contributed by atoms with E-state index in [0.29, 0.717) is 0 Å². The van der Waals surface area contributed by atoms with Gasteiger partial charge in [-0.1, -0.05) is 0 Å². The number of thioether (sulfide) groups is 1. The third kappa shape index (κ3) is 2.09. The molecule has 0 N–H and O–H groups in total. The van der Waals surface area contributed by atoms with Crippen molar-refractivity contribution in [3.63, 3.8) is 0 Å². The Morgan fingerprint density at radius 1 is 1.40 bits per heavy atom. The van der Waals surface area contributed by atoms with Crippen molar-refractivity contribution in [1.29, 1.82) is 0 Å². The molecule has 0 saturated carbocycles. The van der Waals surface area contributed by atoms with Gasteiger partial charge in [-0.2, -0.15) is 16.1 Å². The van der Waals surface area contributed by atoms with Gasteiger partial charge >= 0.3 is 0 Å². The number of thiophene rings is 1. The summed E-state index contributed by atoms with van der Waals surface area (Å²) in [4.78, 5) is 7.27. The van der Waals surface area contributed by atoms with Crippen LogP contribution in [-0.4, -0.2) is 15.1 Å². The quantitative estimate of drug-likeness (QED) is 0.721. The van der Waals surface area contributed by atoms with Gasteiger partial charge in [0.1, 0.15) is 0 Å². The maximum Gasteiger partial charge on any atom is 0.203 e. The monoisotopic (exact) mass is 366 g/mol. The smallest absolute Gasteiger partial charge is 0.203 e. The molecule has 0 radical (unpaired) electrons. The predicted molar refractivity (Wildman–Crippen MR) is 75.8 cm³/mol. The van der Waals surface area contributed by atoms with Crippen molar-refractivity contribution in [2.24, 2.45) is 0 Å². The minimum Gasteiger partial charge on any atom is -0.209 e. The van der Waals surface area contributed by atoms with Gasteiger partial charge in [-0.15, -0.1) is 11.3 Å². The van der Waals surface area contributed by atoms with E-state index < -0.39 is 0 Å². The standard InChI is InChI=1S/C9H7IN2S3/c10-9-11-8(15-12-9)7-3-5-4-13-2-1-6(5)14-7/h3H,1-2,4H2. The van der Waals surface area contributed by atoms with E-state index in [4.69, 9.17) is 0 Å². The van der Waals surface area contributed by atoms with Crippen LogP contribution in [0.5, 0.6) is 0 Å². The second-order valence-corrected chi connectivity index (χ2v) is 7.19. The van der Waals surface area contributed by atoms with E-state index in [1.54, 1.807) is 4.88 Å². The molecule has 78 valence electrons. The van der Waals surface area contributed by atoms with Crippen molar-refractivity contribution in [3.8, 4) is 9.88 Å². The van der Waals surface area contributed by atoms with E-state index in [2.05, 4.69) is 38.0 Å². The number of nitrogens with zero attached hydrogens (tertiary/aromatic N) is 2. The van der Waals surface area contributed by atoms with Gasteiger partial charge in [0.2, 0.25) is 3.83 Å². The van der Waals surface area contributed by atoms with Crippen LogP contribution in [0.4, 0.5) is 0 Å². The number of hydrogen-bond donors (Lipinski definition) is 0. The number of rotatable bonds is 1. The highest BCUT2D eigenvalue weighted by Crippen LogP contribution is 2.37. The number of aryl methyl sites for hydroxylation is 1. The van der Waals surface area contributed by atoms with E-state index in [-0.39, 0.29) is 0 Å². The van der Waals surface area contributed by atoms with E-state index in [9.17, 15) is 0 Å². The normalized spacial score (nSPS) is 15.3. The molecule has 2 aromatic rings. The van der Waals surface area contributed by atoms with Crippen LogP contribution in [0, 0.1) is 3.83 Å². The number of hydrogen-bond acceptors (Lipinski definition) is 5. The minimum absolute atomic E-state index is 0.855. The molecule has 0 bridgehead atoms. The first-order valence-corrected chi connectivity index (χ1v) is 8.34. The highest BCUT2D eigenvalue weighted by molar-refractivity contribution is 14.1. The Labute approximate surface area is 114 Å². The van der Waals surface area contributed by atoms with Crippen molar-refractivity contribution < 1.29 is 0 Å². The zero-order valence-electron chi connectivity index (χ0n) is 7.70. The van der Waals surface area contributed by atoms with Gasteiger partial charge in [0.05, 0.1) is 4.88 Å². The van der Waals surface area contributed by atoms with Crippen LogP contribution in [-0.2, 0) is 12.2 Å². The first-order valence-electron chi connectivity index (χ1n) is 4.52. The summed E-state index contributed by atoms with van der Waals surface area (Å²) in [6.45, 7) is 0. The Bertz CT molecular complexity index is 468. The van der Waals surface area contributed by atoms with E-state index in [1.165, 1.54) is 39.9 Å². The molecule has 0 saturated heterocycles. The number of aromatic nitrogens is 2. The van der Waals surface area contributed by atoms with E-state index >= 15 is 0 Å². The fourth-order valence-electron chi connectivity index (χ4n) is 1.56. The molecule has 15 heavy (non-hydrogen) atoms. The highest BCUT2D eigenvalue weighted by atomic mass is 127. The summed E-state index contributed by atoms with van der Waals surface area (Å²) >= 11 is 7.58. The van der Waals surface area contributed by atoms with Gasteiger partial charge in [0, 0.05) is 33.2 Å². The molecule has 0 spiro atoms. The molecule has 0 amide bonds. The van der Waals surface area contributed by atoms with Crippen molar-refractivity contribution in [2.75, 3.05) is 5.75 Å². The largest absolute Gasteiger partial charge is 0.209 e. The van der Waals surface area contributed by atoms with Gasteiger partial charge in [0.15, 0.2) is 5.01 Å². The van der Waals surface area contributed by atoms with Crippen molar-refractivity contribution in [2.45, 2.75) is 12.2 Å². The molecule has 2 aromatic heterocycles. The van der Waals surface area contributed by atoms with Crippen LogP contribution < -0.4 is 0 Å². The lowest BCUT2D eigenvalue weighted by molar-refractivity contribution is 1.13. The third-order valence-corrected chi connectivity index (χ3v) is 6.18. The van der Waals surface area contributed by atoms with Crippen LogP contribution in [0.1, 0.15) is 10.4 Å². The van der Waals surface area contributed by atoms with Crippen LogP contribution in [0.3, 0.4) is 0 Å². The Morgan fingerprint density at radius 3 is 3.07 bits per heavy atom. The molecule has 0 aromatic carbocycles. The Kier molecular flexibility index (Phi) is 3.01. The fourth-order valence-corrected chi connectivity index (χ4v) is 5.23. The summed E-state index contributed by atoms with van der Waals surface area (Å²) in [6.07, 6.45) is 1.22. The lowest BCUT2D eigenvalue weighted by atomic mass is 10.2. The first kappa shape index (κ1) is 10.5. The lowest BCUT2D eigenvalue weighted by Crippen LogP contribution is -1.96. The van der Waals surface area contributed by atoms with Gasteiger partial charge in [-0.25, -0.2) is 4.98 Å². The molecule has 0 aliphatic carbocycles. The molecule has 0 unspecified atom stereocenters. The number of halogens is 1. The van der Waals surface area contributed by atoms with Crippen molar-refractivity contribution in [3.05, 3.63) is 20.3 Å². The average Bonchev–Trinajstić information content (AvgIpc) is 2.82. The average molecular weight is 366 g/mol. The molecule has 1 aliphatic heterocycles. The van der Waals surface area contributed by atoms with Gasteiger partial charge < -0.3 is 0 Å². The fraction of sp³-hybridized carbons (Fsp3) is 0.333. The molecule has 6 heteroatoms. The molecule has 1 aliphatic rings. The lowest BCUT2D eigenvalue weighted by Gasteiger charge is -2.08. The van der Waals surface area contributed by atoms with Crippen LogP contribution in [0.2, 0.25) is 0 Å². The molecule has 0 atom stereocenters. The Morgan fingerprint density at radius 2 is 2.33 bits per heavy atom. The van der Waals surface area contributed by atoms with Crippen LogP contribution >= 0.6 is 57.2 Å². The zero-order valence-corrected chi connectivity index (χ0v) is 12.3. The molecule has 0 fully saturated rings. The molecule has 2 nitrogen and oxygen atoms in total. The SMILES string of the molecule is Ic1nsc(-c2cc3c(s2)CCSC3)n1. The predicted octanol–water partition coefficient (Wildman–Crippen LogP) is 3.66. The van der Waals surface area contributed by atoms with Gasteiger partial charge in [0.25, 0.3) is 0 Å². The summed E-state index contributed by atoms with van der Waals surface area (Å²) in [5.74, 6) is 2.43. The summed E-state index contributed by atoms with van der Waals surface area (Å²) in [5.41, 5.74) is 1.51. The molecular formula is C9H7IN2S3. The topological polar surface area (TPSA) is 25.8 Å². The third-order valence-electron chi connectivity index (χ3n) is 2.24. The van der Waals surface area contributed by atoms with E-state index in [0.717, 1.165) is 8.84 Å². The second kappa shape index (κ2) is 4.31. The molecule has 3 rings (SSSR count). The van der Waals surface area contributed by atoms with E-state index in [1.807, 2.05) is 23.1 Å². The second-order valence-electron chi connectivity index (χ2n) is 3.23. The van der Waals surface area contributed by atoms with Gasteiger partial charge in [-0.3, -0.25) is 0 Å². The first-order chi connectivity index (χ1) is 7.33. The zero-order chi connectivity index (χ0) is 10.3. The van der Waals surface area contributed by atoms with Gasteiger partial charge in [-0.05, 0) is 35.3 Å². The summed E-state index contributed by atoms with van der Waals surface area (Å²) in [6, 6.07) is 2.29. The van der Waals surface area contributed by atoms with Crippen molar-refractivity contribution >= 4 is 57.2 Å². The van der Waals surface area contributed by atoms with Crippen molar-refractivity contribution in [1.82, 2.24) is 9.36 Å². The maximum absolute atomic E-state index is 4.42. The summed E-state index contributed by atoms with van der Waals surface area (Å²) in [5, 5.41) is 1.07. The number of fused-ring (bicyclic) bond motifs is 1. The molecular weight excluding hydrogens is 359 g/mol. The van der Waals surface area contributed by atoms with Crippen LogP contribution in [0.25, 0.3) is 9.88 Å².